The summed E-state index contributed by atoms with van der Waals surface area (Å²) in [6, 6.07) is 5.68. The highest BCUT2D eigenvalue weighted by molar-refractivity contribution is 6.31. The van der Waals surface area contributed by atoms with Crippen molar-refractivity contribution in [2.24, 2.45) is 7.05 Å². The Morgan fingerprint density at radius 1 is 1.46 bits per heavy atom. The van der Waals surface area contributed by atoms with E-state index >= 15 is 0 Å². The molecule has 1 heterocycles. The number of halogens is 1. The first kappa shape index (κ1) is 8.60. The van der Waals surface area contributed by atoms with Gasteiger partial charge in [-0.05, 0) is 18.2 Å². The lowest BCUT2D eigenvalue weighted by atomic mass is 10.1. The summed E-state index contributed by atoms with van der Waals surface area (Å²) in [5.74, 6) is 0. The lowest BCUT2D eigenvalue weighted by molar-refractivity contribution is 0.283. The number of aliphatic hydroxyl groups is 1. The Balaban J connectivity index is 2.85. The smallest absolute Gasteiger partial charge is 0.0702 e. The molecule has 2 rings (SSSR count). The maximum absolute atomic E-state index is 9.13. The van der Waals surface area contributed by atoms with Crippen LogP contribution in [0.4, 0.5) is 0 Å². The third-order valence-electron chi connectivity index (χ3n) is 2.18. The van der Waals surface area contributed by atoms with Crippen molar-refractivity contribution < 1.29 is 5.11 Å². The van der Waals surface area contributed by atoms with Crippen LogP contribution in [0.5, 0.6) is 0 Å². The number of hydrogen-bond acceptors (Lipinski definition) is 1. The number of aliphatic hydroxyl groups excluding tert-OH is 1. The van der Waals surface area contributed by atoms with E-state index in [9.17, 15) is 0 Å². The molecule has 0 saturated carbocycles. The Kier molecular flexibility index (Phi) is 2.02. The van der Waals surface area contributed by atoms with E-state index in [1.165, 1.54) is 0 Å². The summed E-state index contributed by atoms with van der Waals surface area (Å²) in [6.45, 7) is 0.0227. The fourth-order valence-electron chi connectivity index (χ4n) is 1.62. The van der Waals surface area contributed by atoms with E-state index in [0.29, 0.717) is 5.02 Å². The summed E-state index contributed by atoms with van der Waals surface area (Å²) >= 11 is 5.89. The van der Waals surface area contributed by atoms with Crippen molar-refractivity contribution in [2.75, 3.05) is 0 Å². The topological polar surface area (TPSA) is 25.2 Å². The van der Waals surface area contributed by atoms with Gasteiger partial charge >= 0.3 is 0 Å². The number of rotatable bonds is 1. The van der Waals surface area contributed by atoms with Gasteiger partial charge in [-0.3, -0.25) is 0 Å². The second-order valence-electron chi connectivity index (χ2n) is 3.09. The predicted octanol–water partition coefficient (Wildman–Crippen LogP) is 2.32. The lowest BCUT2D eigenvalue weighted by Gasteiger charge is -2.03. The van der Waals surface area contributed by atoms with Crippen molar-refractivity contribution in [3.63, 3.8) is 0 Å². The van der Waals surface area contributed by atoms with Crippen LogP contribution in [0, 0.1) is 0 Å². The zero-order valence-electron chi connectivity index (χ0n) is 7.29. The quantitative estimate of drug-likeness (QED) is 0.743. The minimum Gasteiger partial charge on any atom is -0.392 e. The molecular weight excluding hydrogens is 186 g/mol. The first-order valence-electron chi connectivity index (χ1n) is 4.06. The molecule has 1 N–H and O–H groups in total. The summed E-state index contributed by atoms with van der Waals surface area (Å²) in [7, 11) is 1.95. The Morgan fingerprint density at radius 3 is 2.92 bits per heavy atom. The molecule has 0 unspecified atom stereocenters. The molecule has 1 aromatic heterocycles. The van der Waals surface area contributed by atoms with Crippen molar-refractivity contribution in [3.05, 3.63) is 35.0 Å². The zero-order chi connectivity index (χ0) is 9.42. The highest BCUT2D eigenvalue weighted by atomic mass is 35.5. The fraction of sp³-hybridized carbons (Fsp3) is 0.200. The molecule has 2 aromatic rings. The first-order valence-corrected chi connectivity index (χ1v) is 4.44. The molecule has 0 aliphatic rings. The molecule has 0 saturated heterocycles. The normalized spacial score (nSPS) is 11.0. The van der Waals surface area contributed by atoms with E-state index < -0.39 is 0 Å². The van der Waals surface area contributed by atoms with Gasteiger partial charge < -0.3 is 9.67 Å². The highest BCUT2D eigenvalue weighted by Crippen LogP contribution is 2.24. The second kappa shape index (κ2) is 3.05. The minimum absolute atomic E-state index is 0.0227. The monoisotopic (exact) mass is 195 g/mol. The van der Waals surface area contributed by atoms with Gasteiger partial charge in [0.15, 0.2) is 0 Å². The van der Waals surface area contributed by atoms with Crippen molar-refractivity contribution in [3.8, 4) is 0 Å². The van der Waals surface area contributed by atoms with E-state index in [0.717, 1.165) is 16.5 Å². The van der Waals surface area contributed by atoms with E-state index in [-0.39, 0.29) is 6.61 Å². The van der Waals surface area contributed by atoms with Crippen molar-refractivity contribution in [2.45, 2.75) is 6.61 Å². The molecule has 0 aliphatic carbocycles. The van der Waals surface area contributed by atoms with Crippen LogP contribution in [0.2, 0.25) is 5.02 Å². The number of aromatic nitrogens is 1. The van der Waals surface area contributed by atoms with Crippen LogP contribution < -0.4 is 0 Å². The number of hydrogen-bond donors (Lipinski definition) is 1. The molecule has 13 heavy (non-hydrogen) atoms. The SMILES string of the molecule is Cn1ccc2cc(Cl)cc(CO)c21. The molecule has 0 bridgehead atoms. The molecule has 0 aliphatic heterocycles. The molecule has 0 amide bonds. The molecule has 0 fully saturated rings. The number of nitrogens with zero attached hydrogens (tertiary/aromatic N) is 1. The van der Waals surface area contributed by atoms with Crippen molar-refractivity contribution >= 4 is 22.5 Å². The minimum atomic E-state index is 0.0227. The van der Waals surface area contributed by atoms with Gasteiger partial charge in [0.25, 0.3) is 0 Å². The maximum atomic E-state index is 9.13. The third kappa shape index (κ3) is 1.32. The lowest BCUT2D eigenvalue weighted by Crippen LogP contribution is -1.91. The molecule has 0 radical (unpaired) electrons. The number of aryl methyl sites for hydroxylation is 1. The van der Waals surface area contributed by atoms with Crippen LogP contribution in [0.15, 0.2) is 24.4 Å². The van der Waals surface area contributed by atoms with Crippen LogP contribution in [-0.2, 0) is 13.7 Å². The maximum Gasteiger partial charge on any atom is 0.0702 e. The molecule has 0 atom stereocenters. The van der Waals surface area contributed by atoms with Gasteiger partial charge in [-0.1, -0.05) is 11.6 Å². The van der Waals surface area contributed by atoms with Crippen LogP contribution >= 0.6 is 11.6 Å². The Morgan fingerprint density at radius 2 is 2.23 bits per heavy atom. The molecule has 1 aromatic carbocycles. The Labute approximate surface area is 81.4 Å². The van der Waals surface area contributed by atoms with E-state index in [1.807, 2.05) is 29.9 Å². The fourth-order valence-corrected chi connectivity index (χ4v) is 1.87. The van der Waals surface area contributed by atoms with Crippen LogP contribution in [0.25, 0.3) is 10.9 Å². The van der Waals surface area contributed by atoms with Gasteiger partial charge in [0, 0.05) is 29.2 Å². The summed E-state index contributed by atoms with van der Waals surface area (Å²) in [6.07, 6.45) is 1.96. The zero-order valence-corrected chi connectivity index (χ0v) is 8.04. The van der Waals surface area contributed by atoms with Crippen LogP contribution in [0.3, 0.4) is 0 Å². The first-order chi connectivity index (χ1) is 6.22. The summed E-state index contributed by atoms with van der Waals surface area (Å²) < 4.78 is 1.98. The molecule has 2 nitrogen and oxygen atoms in total. The van der Waals surface area contributed by atoms with Gasteiger partial charge in [-0.15, -0.1) is 0 Å². The Hall–Kier alpha value is -0.990. The van der Waals surface area contributed by atoms with E-state index in [1.54, 1.807) is 6.07 Å². The average molecular weight is 196 g/mol. The van der Waals surface area contributed by atoms with Crippen molar-refractivity contribution in [1.82, 2.24) is 4.57 Å². The largest absolute Gasteiger partial charge is 0.392 e. The summed E-state index contributed by atoms with van der Waals surface area (Å²) in [4.78, 5) is 0. The third-order valence-corrected chi connectivity index (χ3v) is 2.40. The number of fused-ring (bicyclic) bond motifs is 1. The molecule has 3 heteroatoms. The second-order valence-corrected chi connectivity index (χ2v) is 3.52. The predicted molar refractivity (Wildman–Crippen MR) is 53.9 cm³/mol. The van der Waals surface area contributed by atoms with Gasteiger partial charge in [-0.25, -0.2) is 0 Å². The van der Waals surface area contributed by atoms with Gasteiger partial charge in [0.2, 0.25) is 0 Å². The van der Waals surface area contributed by atoms with Crippen molar-refractivity contribution in [1.29, 1.82) is 0 Å². The molecule has 0 spiro atoms. The molecule has 68 valence electrons. The van der Waals surface area contributed by atoms with Gasteiger partial charge in [-0.2, -0.15) is 0 Å². The highest BCUT2D eigenvalue weighted by Gasteiger charge is 2.05. The Bertz CT molecular complexity index is 447. The average Bonchev–Trinajstić information content (AvgIpc) is 2.46. The molecular formula is C10H10ClNO. The van der Waals surface area contributed by atoms with Gasteiger partial charge in [0.1, 0.15) is 0 Å². The van der Waals surface area contributed by atoms with E-state index in [2.05, 4.69) is 0 Å². The van der Waals surface area contributed by atoms with Crippen LogP contribution in [0.1, 0.15) is 5.56 Å². The standard InChI is InChI=1S/C10H10ClNO/c1-12-3-2-7-4-9(11)5-8(6-13)10(7)12/h2-5,13H,6H2,1H3. The van der Waals surface area contributed by atoms with Gasteiger partial charge in [0.05, 0.1) is 12.1 Å². The van der Waals surface area contributed by atoms with Crippen LogP contribution in [-0.4, -0.2) is 9.67 Å². The van der Waals surface area contributed by atoms with E-state index in [4.69, 9.17) is 16.7 Å². The number of benzene rings is 1. The summed E-state index contributed by atoms with van der Waals surface area (Å²) in [5.41, 5.74) is 1.92. The summed E-state index contributed by atoms with van der Waals surface area (Å²) in [5, 5.41) is 10.9.